The fraction of sp³-hybridized carbons (Fsp3) is 0.364. The van der Waals surface area contributed by atoms with Crippen molar-refractivity contribution in [2.24, 2.45) is 0 Å². The van der Waals surface area contributed by atoms with Crippen molar-refractivity contribution in [1.29, 1.82) is 0 Å². The van der Waals surface area contributed by atoms with Gasteiger partial charge in [0.1, 0.15) is 6.04 Å². The minimum atomic E-state index is -0.895. The Kier molecular flexibility index (Phi) is 3.19. The lowest BCUT2D eigenvalue weighted by Gasteiger charge is -2.15. The molecule has 0 unspecified atom stereocenters. The molecule has 0 bridgehead atoms. The average molecular weight is 208 g/mol. The molecule has 0 aliphatic carbocycles. The van der Waals surface area contributed by atoms with E-state index in [4.69, 9.17) is 10.8 Å². The first-order chi connectivity index (χ1) is 6.91. The lowest BCUT2D eigenvalue weighted by atomic mass is 10.1. The minimum Gasteiger partial charge on any atom is -0.480 e. The molecule has 0 fully saturated rings. The van der Waals surface area contributed by atoms with E-state index in [1.54, 1.807) is 6.92 Å². The van der Waals surface area contributed by atoms with Crippen LogP contribution in [-0.2, 0) is 4.79 Å². The number of nitrogens with one attached hydrogen (secondary N) is 1. The number of nitrogen functional groups attached to an aromatic ring is 1. The number of carbonyl (C=O) groups is 1. The Morgan fingerprint density at radius 1 is 1.47 bits per heavy atom. The van der Waals surface area contributed by atoms with Crippen molar-refractivity contribution < 1.29 is 9.90 Å². The number of rotatable bonds is 3. The number of anilines is 2. The minimum absolute atomic E-state index is 0.605. The molecule has 15 heavy (non-hydrogen) atoms. The van der Waals surface area contributed by atoms with Crippen molar-refractivity contribution in [3.63, 3.8) is 0 Å². The number of nitrogens with two attached hydrogens (primary N) is 1. The second kappa shape index (κ2) is 4.21. The molecule has 4 nitrogen and oxygen atoms in total. The molecule has 0 saturated heterocycles. The standard InChI is InChI=1S/C11H16N2O2/c1-6-4-7(2)10(12)9(5-6)13-8(3)11(14)15/h4-5,8,13H,12H2,1-3H3,(H,14,15)/t8-/m1/s1. The van der Waals surface area contributed by atoms with Gasteiger partial charge in [-0.05, 0) is 38.0 Å². The summed E-state index contributed by atoms with van der Waals surface area (Å²) in [6.45, 7) is 5.43. The number of benzene rings is 1. The second-order valence-corrected chi connectivity index (χ2v) is 3.75. The van der Waals surface area contributed by atoms with Crippen LogP contribution in [0.2, 0.25) is 0 Å². The number of aryl methyl sites for hydroxylation is 2. The molecule has 1 aromatic carbocycles. The summed E-state index contributed by atoms with van der Waals surface area (Å²) < 4.78 is 0. The molecule has 0 aromatic heterocycles. The molecule has 0 aliphatic heterocycles. The zero-order valence-electron chi connectivity index (χ0n) is 9.16. The predicted octanol–water partition coefficient (Wildman–Crippen LogP) is 1.77. The Morgan fingerprint density at radius 2 is 2.07 bits per heavy atom. The smallest absolute Gasteiger partial charge is 0.325 e. The summed E-state index contributed by atoms with van der Waals surface area (Å²) in [6, 6.07) is 3.17. The molecule has 4 heteroatoms. The zero-order valence-corrected chi connectivity index (χ0v) is 9.16. The van der Waals surface area contributed by atoms with Gasteiger partial charge in [0.2, 0.25) is 0 Å². The largest absolute Gasteiger partial charge is 0.480 e. The molecule has 0 amide bonds. The van der Waals surface area contributed by atoms with E-state index in [9.17, 15) is 4.79 Å². The highest BCUT2D eigenvalue weighted by Gasteiger charge is 2.12. The van der Waals surface area contributed by atoms with Crippen molar-refractivity contribution >= 4 is 17.3 Å². The molecule has 82 valence electrons. The summed E-state index contributed by atoms with van der Waals surface area (Å²) in [5.41, 5.74) is 9.14. The van der Waals surface area contributed by atoms with Crippen LogP contribution in [0.3, 0.4) is 0 Å². The van der Waals surface area contributed by atoms with E-state index in [0.717, 1.165) is 11.1 Å². The first kappa shape index (κ1) is 11.4. The molecule has 0 spiro atoms. The molecular weight excluding hydrogens is 192 g/mol. The van der Waals surface area contributed by atoms with Gasteiger partial charge in [0, 0.05) is 0 Å². The van der Waals surface area contributed by atoms with Gasteiger partial charge in [-0.15, -0.1) is 0 Å². The van der Waals surface area contributed by atoms with Crippen LogP contribution in [0.5, 0.6) is 0 Å². The summed E-state index contributed by atoms with van der Waals surface area (Å²) >= 11 is 0. The molecule has 0 saturated carbocycles. The van der Waals surface area contributed by atoms with Crippen molar-refractivity contribution in [3.8, 4) is 0 Å². The zero-order chi connectivity index (χ0) is 11.6. The number of carboxylic acid groups (broad SMARTS) is 1. The highest BCUT2D eigenvalue weighted by Crippen LogP contribution is 2.24. The van der Waals surface area contributed by atoms with Crippen molar-refractivity contribution in [1.82, 2.24) is 0 Å². The highest BCUT2D eigenvalue weighted by atomic mass is 16.4. The summed E-state index contributed by atoms with van der Waals surface area (Å²) in [4.78, 5) is 10.7. The summed E-state index contributed by atoms with van der Waals surface area (Å²) in [6.07, 6.45) is 0. The van der Waals surface area contributed by atoms with Crippen LogP contribution in [0.1, 0.15) is 18.1 Å². The van der Waals surface area contributed by atoms with Crippen LogP contribution in [0.25, 0.3) is 0 Å². The van der Waals surface area contributed by atoms with Crippen LogP contribution in [-0.4, -0.2) is 17.1 Å². The van der Waals surface area contributed by atoms with Gasteiger partial charge in [-0.2, -0.15) is 0 Å². The third-order valence-electron chi connectivity index (χ3n) is 2.27. The third kappa shape index (κ3) is 2.62. The third-order valence-corrected chi connectivity index (χ3v) is 2.27. The number of aliphatic carboxylic acids is 1. The van der Waals surface area contributed by atoms with Gasteiger partial charge in [0.05, 0.1) is 11.4 Å². The Morgan fingerprint density at radius 3 is 2.60 bits per heavy atom. The number of hydrogen-bond donors (Lipinski definition) is 3. The van der Waals surface area contributed by atoms with E-state index in [-0.39, 0.29) is 0 Å². The fourth-order valence-corrected chi connectivity index (χ4v) is 1.39. The maximum atomic E-state index is 10.7. The van der Waals surface area contributed by atoms with E-state index in [1.165, 1.54) is 0 Å². The van der Waals surface area contributed by atoms with E-state index in [2.05, 4.69) is 5.32 Å². The van der Waals surface area contributed by atoms with Crippen molar-refractivity contribution in [3.05, 3.63) is 23.3 Å². The number of hydrogen-bond acceptors (Lipinski definition) is 3. The summed E-state index contributed by atoms with van der Waals surface area (Å²) in [5.74, 6) is -0.895. The predicted molar refractivity (Wildman–Crippen MR) is 61.0 cm³/mol. The van der Waals surface area contributed by atoms with Crippen LogP contribution < -0.4 is 11.1 Å². The maximum absolute atomic E-state index is 10.7. The Bertz CT molecular complexity index is 388. The SMILES string of the molecule is Cc1cc(C)c(N)c(N[C@H](C)C(=O)O)c1. The second-order valence-electron chi connectivity index (χ2n) is 3.75. The first-order valence-electron chi connectivity index (χ1n) is 4.78. The van der Waals surface area contributed by atoms with Crippen molar-refractivity contribution in [2.45, 2.75) is 26.8 Å². The van der Waals surface area contributed by atoms with Gasteiger partial charge in [-0.1, -0.05) is 6.07 Å². The molecule has 0 aliphatic rings. The lowest BCUT2D eigenvalue weighted by molar-refractivity contribution is -0.137. The van der Waals surface area contributed by atoms with Gasteiger partial charge in [-0.25, -0.2) is 0 Å². The van der Waals surface area contributed by atoms with E-state index < -0.39 is 12.0 Å². The lowest BCUT2D eigenvalue weighted by Crippen LogP contribution is -2.26. The Labute approximate surface area is 89.1 Å². The monoisotopic (exact) mass is 208 g/mol. The highest BCUT2D eigenvalue weighted by molar-refractivity contribution is 5.80. The number of carboxylic acids is 1. The summed E-state index contributed by atoms with van der Waals surface area (Å²) in [5, 5.41) is 11.6. The van der Waals surface area contributed by atoms with Gasteiger partial charge >= 0.3 is 5.97 Å². The summed E-state index contributed by atoms with van der Waals surface area (Å²) in [7, 11) is 0. The van der Waals surface area contributed by atoms with Crippen LogP contribution in [0.15, 0.2) is 12.1 Å². The van der Waals surface area contributed by atoms with E-state index in [1.807, 2.05) is 26.0 Å². The van der Waals surface area contributed by atoms with E-state index in [0.29, 0.717) is 11.4 Å². The van der Waals surface area contributed by atoms with Gasteiger partial charge in [0.25, 0.3) is 0 Å². The van der Waals surface area contributed by atoms with Gasteiger partial charge < -0.3 is 16.2 Å². The quantitative estimate of drug-likeness (QED) is 0.662. The molecule has 4 N–H and O–H groups in total. The van der Waals surface area contributed by atoms with E-state index >= 15 is 0 Å². The Hall–Kier alpha value is -1.71. The normalized spacial score (nSPS) is 12.2. The molecule has 0 radical (unpaired) electrons. The average Bonchev–Trinajstić information content (AvgIpc) is 2.13. The van der Waals surface area contributed by atoms with Crippen LogP contribution in [0, 0.1) is 13.8 Å². The topological polar surface area (TPSA) is 75.3 Å². The molecule has 1 rings (SSSR count). The van der Waals surface area contributed by atoms with Crippen LogP contribution >= 0.6 is 0 Å². The Balaban J connectivity index is 2.99. The fourth-order valence-electron chi connectivity index (χ4n) is 1.39. The van der Waals surface area contributed by atoms with Crippen molar-refractivity contribution in [2.75, 3.05) is 11.1 Å². The van der Waals surface area contributed by atoms with Gasteiger partial charge in [0.15, 0.2) is 0 Å². The molecular formula is C11H16N2O2. The molecule has 1 atom stereocenters. The molecule has 1 aromatic rings. The van der Waals surface area contributed by atoms with Crippen LogP contribution in [0.4, 0.5) is 11.4 Å². The maximum Gasteiger partial charge on any atom is 0.325 e. The molecule has 0 heterocycles. The van der Waals surface area contributed by atoms with Gasteiger partial charge in [-0.3, -0.25) is 4.79 Å². The first-order valence-corrected chi connectivity index (χ1v) is 4.78.